The first-order valence-corrected chi connectivity index (χ1v) is 3.55. The highest BCUT2D eigenvalue weighted by Gasteiger charge is 2.08. The maximum absolute atomic E-state index is 11.1. The van der Waals surface area contributed by atoms with Gasteiger partial charge in [0.05, 0.1) is 13.2 Å². The van der Waals surface area contributed by atoms with Gasteiger partial charge < -0.3 is 4.74 Å². The number of ketones is 1. The Kier molecular flexibility index (Phi) is 2.92. The standard InChI is InChI=1S/C8H7N3O2/c1-13-7-3-5-10-8(11-7)6(12)2-4-9/h3,5H,2H2,1H3. The van der Waals surface area contributed by atoms with Crippen LogP contribution in [-0.4, -0.2) is 22.9 Å². The predicted molar refractivity (Wildman–Crippen MR) is 43.1 cm³/mol. The Labute approximate surface area is 75.0 Å². The summed E-state index contributed by atoms with van der Waals surface area (Å²) >= 11 is 0. The van der Waals surface area contributed by atoms with E-state index in [1.54, 1.807) is 6.07 Å². The molecule has 13 heavy (non-hydrogen) atoms. The van der Waals surface area contributed by atoms with Gasteiger partial charge in [-0.15, -0.1) is 0 Å². The molecule has 1 aromatic rings. The lowest BCUT2D eigenvalue weighted by atomic mass is 10.3. The molecule has 1 heterocycles. The summed E-state index contributed by atoms with van der Waals surface area (Å²) < 4.78 is 4.80. The van der Waals surface area contributed by atoms with Gasteiger partial charge in [-0.1, -0.05) is 0 Å². The first-order chi connectivity index (χ1) is 6.27. The summed E-state index contributed by atoms with van der Waals surface area (Å²) in [6, 6.07) is 3.26. The van der Waals surface area contributed by atoms with Gasteiger partial charge in [-0.3, -0.25) is 4.79 Å². The molecule has 1 rings (SSSR count). The Balaban J connectivity index is 2.89. The molecule has 5 heteroatoms. The summed E-state index contributed by atoms with van der Waals surface area (Å²) in [7, 11) is 1.45. The molecule has 0 saturated heterocycles. The lowest BCUT2D eigenvalue weighted by Crippen LogP contribution is -2.04. The second-order valence-corrected chi connectivity index (χ2v) is 2.18. The zero-order valence-electron chi connectivity index (χ0n) is 7.02. The Morgan fingerprint density at radius 3 is 3.15 bits per heavy atom. The number of Topliss-reactive ketones (excluding diaryl/α,β-unsaturated/α-hetero) is 1. The minimum Gasteiger partial charge on any atom is -0.481 e. The van der Waals surface area contributed by atoms with Crippen LogP contribution in [0, 0.1) is 11.3 Å². The summed E-state index contributed by atoms with van der Waals surface area (Å²) in [4.78, 5) is 18.6. The summed E-state index contributed by atoms with van der Waals surface area (Å²) in [6.45, 7) is 0. The van der Waals surface area contributed by atoms with Gasteiger partial charge in [0.25, 0.3) is 0 Å². The van der Waals surface area contributed by atoms with Crippen LogP contribution in [0.4, 0.5) is 0 Å². The van der Waals surface area contributed by atoms with Crippen molar-refractivity contribution in [3.63, 3.8) is 0 Å². The molecule has 0 unspecified atom stereocenters. The van der Waals surface area contributed by atoms with Crippen LogP contribution in [0.3, 0.4) is 0 Å². The average molecular weight is 177 g/mol. The molecule has 0 atom stereocenters. The smallest absolute Gasteiger partial charge is 0.216 e. The van der Waals surface area contributed by atoms with E-state index in [9.17, 15) is 4.79 Å². The third-order valence-electron chi connectivity index (χ3n) is 1.33. The number of rotatable bonds is 3. The van der Waals surface area contributed by atoms with Crippen molar-refractivity contribution in [3.05, 3.63) is 18.1 Å². The lowest BCUT2D eigenvalue weighted by Gasteiger charge is -1.98. The molecule has 0 aliphatic rings. The van der Waals surface area contributed by atoms with Gasteiger partial charge in [0.15, 0.2) is 5.82 Å². The van der Waals surface area contributed by atoms with E-state index in [0.29, 0.717) is 5.88 Å². The van der Waals surface area contributed by atoms with Crippen molar-refractivity contribution in [1.29, 1.82) is 5.26 Å². The van der Waals surface area contributed by atoms with Crippen LogP contribution in [0.15, 0.2) is 12.3 Å². The van der Waals surface area contributed by atoms with E-state index < -0.39 is 5.78 Å². The van der Waals surface area contributed by atoms with E-state index in [4.69, 9.17) is 10.00 Å². The number of hydrogen-bond acceptors (Lipinski definition) is 5. The van der Waals surface area contributed by atoms with Crippen molar-refractivity contribution in [2.45, 2.75) is 6.42 Å². The molecule has 0 aliphatic carbocycles. The summed E-state index contributed by atoms with van der Waals surface area (Å²) in [5, 5.41) is 8.27. The van der Waals surface area contributed by atoms with Crippen molar-refractivity contribution in [2.24, 2.45) is 0 Å². The van der Waals surface area contributed by atoms with Crippen molar-refractivity contribution in [2.75, 3.05) is 7.11 Å². The Hall–Kier alpha value is -1.96. The molecule has 0 fully saturated rings. The van der Waals surface area contributed by atoms with Crippen molar-refractivity contribution in [3.8, 4) is 11.9 Å². The molecule has 0 spiro atoms. The molecule has 1 aromatic heterocycles. The Morgan fingerprint density at radius 2 is 2.54 bits per heavy atom. The zero-order valence-corrected chi connectivity index (χ0v) is 7.02. The molecule has 0 bridgehead atoms. The highest BCUT2D eigenvalue weighted by molar-refractivity contribution is 5.93. The van der Waals surface area contributed by atoms with Crippen LogP contribution in [0.25, 0.3) is 0 Å². The minimum absolute atomic E-state index is 0.0147. The first kappa shape index (κ1) is 9.13. The molecular formula is C8H7N3O2. The van der Waals surface area contributed by atoms with E-state index in [2.05, 4.69) is 9.97 Å². The van der Waals surface area contributed by atoms with Crippen LogP contribution in [0.1, 0.15) is 17.0 Å². The van der Waals surface area contributed by atoms with E-state index in [1.165, 1.54) is 19.4 Å². The number of aromatic nitrogens is 2. The third-order valence-corrected chi connectivity index (χ3v) is 1.33. The number of nitriles is 1. The minimum atomic E-state index is -0.401. The van der Waals surface area contributed by atoms with Gasteiger partial charge in [0.2, 0.25) is 11.7 Å². The van der Waals surface area contributed by atoms with E-state index in [1.807, 2.05) is 0 Å². The number of carbonyl (C=O) groups is 1. The largest absolute Gasteiger partial charge is 0.481 e. The first-order valence-electron chi connectivity index (χ1n) is 3.55. The number of nitrogens with zero attached hydrogens (tertiary/aromatic N) is 3. The molecule has 0 saturated carbocycles. The van der Waals surface area contributed by atoms with Gasteiger partial charge in [-0.2, -0.15) is 10.2 Å². The summed E-state index contributed by atoms with van der Waals surface area (Å²) in [6.07, 6.45) is 1.20. The molecule has 66 valence electrons. The van der Waals surface area contributed by atoms with Gasteiger partial charge in [0.1, 0.15) is 6.42 Å². The molecule has 5 nitrogen and oxygen atoms in total. The maximum atomic E-state index is 11.1. The van der Waals surface area contributed by atoms with Gasteiger partial charge in [0, 0.05) is 12.3 Å². The second-order valence-electron chi connectivity index (χ2n) is 2.18. The molecule has 0 N–H and O–H groups in total. The van der Waals surface area contributed by atoms with Crippen LogP contribution in [-0.2, 0) is 0 Å². The average Bonchev–Trinajstić information content (AvgIpc) is 2.18. The molecule has 0 amide bonds. The molecule has 0 aromatic carbocycles. The Morgan fingerprint density at radius 1 is 1.77 bits per heavy atom. The van der Waals surface area contributed by atoms with E-state index in [0.717, 1.165) is 0 Å². The quantitative estimate of drug-likeness (QED) is 0.631. The fourth-order valence-corrected chi connectivity index (χ4v) is 0.741. The topological polar surface area (TPSA) is 75.9 Å². The third kappa shape index (κ3) is 2.24. The van der Waals surface area contributed by atoms with Crippen LogP contribution in [0.2, 0.25) is 0 Å². The normalized spacial score (nSPS) is 8.92. The SMILES string of the molecule is COc1ccnc(C(=O)CC#N)n1. The molecule has 0 aliphatic heterocycles. The van der Waals surface area contributed by atoms with Crippen LogP contribution < -0.4 is 4.74 Å². The second kappa shape index (κ2) is 4.16. The van der Waals surface area contributed by atoms with Gasteiger partial charge in [-0.05, 0) is 0 Å². The van der Waals surface area contributed by atoms with Crippen molar-refractivity contribution in [1.82, 2.24) is 9.97 Å². The molecular weight excluding hydrogens is 170 g/mol. The highest BCUT2D eigenvalue weighted by Crippen LogP contribution is 2.04. The fourth-order valence-electron chi connectivity index (χ4n) is 0.741. The van der Waals surface area contributed by atoms with Crippen LogP contribution in [0.5, 0.6) is 5.88 Å². The van der Waals surface area contributed by atoms with Crippen molar-refractivity contribution < 1.29 is 9.53 Å². The number of methoxy groups -OCH3 is 1. The summed E-state index contributed by atoms with van der Waals surface area (Å²) in [5.41, 5.74) is 0. The highest BCUT2D eigenvalue weighted by atomic mass is 16.5. The van der Waals surface area contributed by atoms with Gasteiger partial charge in [-0.25, -0.2) is 4.98 Å². The lowest BCUT2D eigenvalue weighted by molar-refractivity contribution is 0.0987. The predicted octanol–water partition coefficient (Wildman–Crippen LogP) is 0.582. The number of ether oxygens (including phenoxy) is 1. The van der Waals surface area contributed by atoms with Crippen molar-refractivity contribution >= 4 is 5.78 Å². The summed E-state index contributed by atoms with van der Waals surface area (Å²) in [5.74, 6) is -0.0708. The Bertz CT molecular complexity index is 357. The number of carbonyl (C=O) groups excluding carboxylic acids is 1. The van der Waals surface area contributed by atoms with Gasteiger partial charge >= 0.3 is 0 Å². The molecule has 0 radical (unpaired) electrons. The number of hydrogen-bond donors (Lipinski definition) is 0. The van der Waals surface area contributed by atoms with Crippen LogP contribution >= 0.6 is 0 Å². The fraction of sp³-hybridized carbons (Fsp3) is 0.250. The monoisotopic (exact) mass is 177 g/mol. The maximum Gasteiger partial charge on any atom is 0.216 e. The van der Waals surface area contributed by atoms with E-state index >= 15 is 0 Å². The van der Waals surface area contributed by atoms with E-state index in [-0.39, 0.29) is 12.2 Å². The zero-order chi connectivity index (χ0) is 9.68.